The molecular formula is C11H14N2O. The number of amides is 1. The Balaban J connectivity index is 2.07. The zero-order valence-electron chi connectivity index (χ0n) is 8.07. The summed E-state index contributed by atoms with van der Waals surface area (Å²) < 4.78 is 0. The molecule has 3 nitrogen and oxygen atoms in total. The summed E-state index contributed by atoms with van der Waals surface area (Å²) in [5, 5.41) is 3.19. The fraction of sp³-hybridized carbons (Fsp3) is 0.364. The van der Waals surface area contributed by atoms with E-state index in [1.807, 2.05) is 35.2 Å². The molecule has 1 N–H and O–H groups in total. The van der Waals surface area contributed by atoms with E-state index >= 15 is 0 Å². The second-order valence-corrected chi connectivity index (χ2v) is 3.45. The molecular weight excluding hydrogens is 176 g/mol. The standard InChI is InChI=1S/C11H14N2O/c14-11(10-5-2-1-3-6-10)13-8-4-7-12-9-13/h1-3,5-6,12H,4,7-9H2. The van der Waals surface area contributed by atoms with E-state index in [1.54, 1.807) is 0 Å². The Morgan fingerprint density at radius 2 is 2.07 bits per heavy atom. The van der Waals surface area contributed by atoms with Gasteiger partial charge in [0.2, 0.25) is 0 Å². The van der Waals surface area contributed by atoms with Crippen molar-refractivity contribution in [3.05, 3.63) is 35.9 Å². The highest BCUT2D eigenvalue weighted by Gasteiger charge is 2.16. The minimum absolute atomic E-state index is 0.123. The molecule has 0 bridgehead atoms. The molecule has 2 rings (SSSR count). The quantitative estimate of drug-likeness (QED) is 0.718. The third kappa shape index (κ3) is 1.93. The van der Waals surface area contributed by atoms with Gasteiger partial charge in [0.25, 0.3) is 5.91 Å². The van der Waals surface area contributed by atoms with Crippen LogP contribution in [-0.4, -0.2) is 30.6 Å². The first-order chi connectivity index (χ1) is 6.88. The van der Waals surface area contributed by atoms with Gasteiger partial charge in [0.1, 0.15) is 0 Å². The molecule has 0 aliphatic carbocycles. The lowest BCUT2D eigenvalue weighted by atomic mass is 10.2. The first-order valence-corrected chi connectivity index (χ1v) is 4.93. The van der Waals surface area contributed by atoms with Crippen molar-refractivity contribution < 1.29 is 4.79 Å². The molecule has 1 amide bonds. The van der Waals surface area contributed by atoms with E-state index in [-0.39, 0.29) is 5.91 Å². The van der Waals surface area contributed by atoms with Crippen LogP contribution >= 0.6 is 0 Å². The Hall–Kier alpha value is -1.35. The minimum atomic E-state index is 0.123. The summed E-state index contributed by atoms with van der Waals surface area (Å²) in [6.07, 6.45) is 1.04. The summed E-state index contributed by atoms with van der Waals surface area (Å²) in [5.74, 6) is 0.123. The molecule has 3 heteroatoms. The lowest BCUT2D eigenvalue weighted by Crippen LogP contribution is -2.44. The highest BCUT2D eigenvalue weighted by Crippen LogP contribution is 2.06. The van der Waals surface area contributed by atoms with Crippen molar-refractivity contribution in [2.24, 2.45) is 0 Å². The first kappa shape index (κ1) is 9.21. The molecule has 1 aliphatic heterocycles. The lowest BCUT2D eigenvalue weighted by molar-refractivity contribution is 0.0712. The second kappa shape index (κ2) is 4.24. The normalized spacial score (nSPS) is 16.7. The third-order valence-electron chi connectivity index (χ3n) is 2.39. The van der Waals surface area contributed by atoms with Crippen molar-refractivity contribution in [3.63, 3.8) is 0 Å². The van der Waals surface area contributed by atoms with Crippen LogP contribution in [0, 0.1) is 0 Å². The molecule has 0 unspecified atom stereocenters. The molecule has 0 saturated carbocycles. The largest absolute Gasteiger partial charge is 0.326 e. The van der Waals surface area contributed by atoms with Crippen LogP contribution in [0.4, 0.5) is 0 Å². The van der Waals surface area contributed by atoms with Gasteiger partial charge < -0.3 is 4.90 Å². The summed E-state index contributed by atoms with van der Waals surface area (Å²) in [6, 6.07) is 9.42. The number of nitrogens with zero attached hydrogens (tertiary/aromatic N) is 1. The number of carbonyl (C=O) groups excluding carboxylic acids is 1. The maximum Gasteiger partial charge on any atom is 0.254 e. The van der Waals surface area contributed by atoms with Gasteiger partial charge in [-0.05, 0) is 25.1 Å². The van der Waals surface area contributed by atoms with Gasteiger partial charge in [0, 0.05) is 12.1 Å². The predicted octanol–water partition coefficient (Wildman–Crippen LogP) is 1.08. The molecule has 14 heavy (non-hydrogen) atoms. The zero-order valence-corrected chi connectivity index (χ0v) is 8.07. The molecule has 1 saturated heterocycles. The number of carbonyl (C=O) groups is 1. The Kier molecular flexibility index (Phi) is 2.79. The molecule has 1 aliphatic rings. The van der Waals surface area contributed by atoms with Crippen LogP contribution in [0.2, 0.25) is 0 Å². The molecule has 0 atom stereocenters. The van der Waals surface area contributed by atoms with E-state index in [2.05, 4.69) is 5.32 Å². The summed E-state index contributed by atoms with van der Waals surface area (Å²) >= 11 is 0. The highest BCUT2D eigenvalue weighted by molar-refractivity contribution is 5.94. The van der Waals surface area contributed by atoms with Crippen molar-refractivity contribution in [3.8, 4) is 0 Å². The monoisotopic (exact) mass is 190 g/mol. The van der Waals surface area contributed by atoms with Gasteiger partial charge in [-0.2, -0.15) is 0 Å². The molecule has 0 radical (unpaired) electrons. The predicted molar refractivity (Wildman–Crippen MR) is 55.0 cm³/mol. The van der Waals surface area contributed by atoms with Gasteiger partial charge in [0.05, 0.1) is 6.67 Å². The molecule has 0 aromatic heterocycles. The zero-order chi connectivity index (χ0) is 9.80. The van der Waals surface area contributed by atoms with Gasteiger partial charge in [-0.1, -0.05) is 18.2 Å². The van der Waals surface area contributed by atoms with Crippen LogP contribution in [0.25, 0.3) is 0 Å². The third-order valence-corrected chi connectivity index (χ3v) is 2.39. The smallest absolute Gasteiger partial charge is 0.254 e. The van der Waals surface area contributed by atoms with Crippen LogP contribution in [-0.2, 0) is 0 Å². The number of hydrogen-bond donors (Lipinski definition) is 1. The molecule has 74 valence electrons. The summed E-state index contributed by atoms with van der Waals surface area (Å²) in [4.78, 5) is 13.7. The number of hydrogen-bond acceptors (Lipinski definition) is 2. The van der Waals surface area contributed by atoms with Crippen molar-refractivity contribution in [2.75, 3.05) is 19.8 Å². The van der Waals surface area contributed by atoms with Crippen molar-refractivity contribution in [1.82, 2.24) is 10.2 Å². The van der Waals surface area contributed by atoms with Crippen LogP contribution in [0.5, 0.6) is 0 Å². The SMILES string of the molecule is O=C(c1ccccc1)N1CCCNC1. The van der Waals surface area contributed by atoms with Gasteiger partial charge in [-0.15, -0.1) is 0 Å². The Morgan fingerprint density at radius 3 is 2.71 bits per heavy atom. The maximum atomic E-state index is 11.9. The van der Waals surface area contributed by atoms with E-state index in [1.165, 1.54) is 0 Å². The number of benzene rings is 1. The van der Waals surface area contributed by atoms with Crippen molar-refractivity contribution in [2.45, 2.75) is 6.42 Å². The molecule has 1 aromatic rings. The van der Waals surface area contributed by atoms with E-state index in [0.29, 0.717) is 6.67 Å². The van der Waals surface area contributed by atoms with E-state index in [9.17, 15) is 4.79 Å². The number of nitrogens with one attached hydrogen (secondary N) is 1. The maximum absolute atomic E-state index is 11.9. The summed E-state index contributed by atoms with van der Waals surface area (Å²) in [7, 11) is 0. The number of rotatable bonds is 1. The molecule has 1 heterocycles. The molecule has 1 fully saturated rings. The summed E-state index contributed by atoms with van der Waals surface area (Å²) in [6.45, 7) is 2.55. The van der Waals surface area contributed by atoms with E-state index < -0.39 is 0 Å². The summed E-state index contributed by atoms with van der Waals surface area (Å²) in [5.41, 5.74) is 0.774. The van der Waals surface area contributed by atoms with Gasteiger partial charge in [0.15, 0.2) is 0 Å². The highest BCUT2D eigenvalue weighted by atomic mass is 16.2. The minimum Gasteiger partial charge on any atom is -0.326 e. The average molecular weight is 190 g/mol. The van der Waals surface area contributed by atoms with Crippen LogP contribution in [0.15, 0.2) is 30.3 Å². The average Bonchev–Trinajstić information content (AvgIpc) is 2.30. The van der Waals surface area contributed by atoms with Gasteiger partial charge in [-0.25, -0.2) is 0 Å². The molecule has 0 spiro atoms. The van der Waals surface area contributed by atoms with Gasteiger partial charge >= 0.3 is 0 Å². The Bertz CT molecular complexity index is 304. The van der Waals surface area contributed by atoms with Crippen molar-refractivity contribution in [1.29, 1.82) is 0 Å². The van der Waals surface area contributed by atoms with Crippen LogP contribution in [0.3, 0.4) is 0 Å². The first-order valence-electron chi connectivity index (χ1n) is 4.93. The molecule has 1 aromatic carbocycles. The van der Waals surface area contributed by atoms with Gasteiger partial charge in [-0.3, -0.25) is 10.1 Å². The Morgan fingerprint density at radius 1 is 1.29 bits per heavy atom. The topological polar surface area (TPSA) is 32.3 Å². The lowest BCUT2D eigenvalue weighted by Gasteiger charge is -2.27. The fourth-order valence-corrected chi connectivity index (χ4v) is 1.62. The Labute approximate surface area is 83.7 Å². The van der Waals surface area contributed by atoms with E-state index in [4.69, 9.17) is 0 Å². The second-order valence-electron chi connectivity index (χ2n) is 3.45. The van der Waals surface area contributed by atoms with Crippen LogP contribution in [0.1, 0.15) is 16.8 Å². The van der Waals surface area contributed by atoms with E-state index in [0.717, 1.165) is 25.1 Å². The fourth-order valence-electron chi connectivity index (χ4n) is 1.62. The van der Waals surface area contributed by atoms with Crippen molar-refractivity contribution >= 4 is 5.91 Å². The van der Waals surface area contributed by atoms with Crippen LogP contribution < -0.4 is 5.32 Å².